The van der Waals surface area contributed by atoms with E-state index in [1.807, 2.05) is 0 Å². The van der Waals surface area contributed by atoms with Crippen LogP contribution in [0.25, 0.3) is 0 Å². The van der Waals surface area contributed by atoms with Crippen LogP contribution in [-0.2, 0) is 10.0 Å². The van der Waals surface area contributed by atoms with Gasteiger partial charge in [0.2, 0.25) is 0 Å². The van der Waals surface area contributed by atoms with Gasteiger partial charge in [-0.15, -0.1) is 11.3 Å². The number of benzene rings is 1. The van der Waals surface area contributed by atoms with Gasteiger partial charge in [-0.25, -0.2) is 13.2 Å². The molecular formula is C12H9BrClNO4S2. The second-order valence-electron chi connectivity index (χ2n) is 4.13. The van der Waals surface area contributed by atoms with Crippen LogP contribution in [0.15, 0.2) is 32.9 Å². The maximum Gasteiger partial charge on any atom is 0.335 e. The largest absolute Gasteiger partial charge is 0.478 e. The van der Waals surface area contributed by atoms with Crippen LogP contribution in [0.5, 0.6) is 0 Å². The van der Waals surface area contributed by atoms with Crippen LogP contribution in [0.3, 0.4) is 0 Å². The zero-order chi connectivity index (χ0) is 15.8. The molecule has 0 radical (unpaired) electrons. The molecule has 0 saturated carbocycles. The van der Waals surface area contributed by atoms with E-state index in [1.165, 1.54) is 24.3 Å². The van der Waals surface area contributed by atoms with E-state index in [0.717, 1.165) is 11.3 Å². The van der Waals surface area contributed by atoms with Crippen molar-refractivity contribution in [3.8, 4) is 0 Å². The average Bonchev–Trinajstić information content (AvgIpc) is 2.73. The molecule has 0 spiro atoms. The normalized spacial score (nSPS) is 11.4. The first-order chi connectivity index (χ1) is 9.70. The molecule has 1 aromatic heterocycles. The molecule has 0 unspecified atom stereocenters. The molecule has 9 heteroatoms. The lowest BCUT2D eigenvalue weighted by Crippen LogP contribution is -2.12. The Morgan fingerprint density at radius 3 is 2.57 bits per heavy atom. The van der Waals surface area contributed by atoms with Crippen molar-refractivity contribution in [3.63, 3.8) is 0 Å². The summed E-state index contributed by atoms with van der Waals surface area (Å²) in [4.78, 5) is 10.9. The summed E-state index contributed by atoms with van der Waals surface area (Å²) in [5, 5.41) is 8.95. The number of carboxylic acids is 1. The minimum absolute atomic E-state index is 0.0173. The number of aryl methyl sites for hydroxylation is 1. The smallest absolute Gasteiger partial charge is 0.335 e. The quantitative estimate of drug-likeness (QED) is 0.799. The molecule has 1 heterocycles. The number of carbonyl (C=O) groups is 1. The monoisotopic (exact) mass is 409 g/mol. The van der Waals surface area contributed by atoms with Gasteiger partial charge in [0.1, 0.15) is 4.21 Å². The van der Waals surface area contributed by atoms with Gasteiger partial charge in [0.05, 0.1) is 15.6 Å². The fraction of sp³-hybridized carbons (Fsp3) is 0.0833. The van der Waals surface area contributed by atoms with Crippen molar-refractivity contribution >= 4 is 60.5 Å². The Morgan fingerprint density at radius 1 is 1.38 bits per heavy atom. The molecule has 0 atom stereocenters. The zero-order valence-electron chi connectivity index (χ0n) is 10.6. The summed E-state index contributed by atoms with van der Waals surface area (Å²) in [5.41, 5.74) is 0.800. The Bertz CT molecular complexity index is 797. The molecule has 1 aromatic carbocycles. The Hall–Kier alpha value is -1.09. The van der Waals surface area contributed by atoms with Crippen LogP contribution in [0.1, 0.15) is 15.9 Å². The first-order valence-corrected chi connectivity index (χ1v) is 8.99. The first kappa shape index (κ1) is 16.3. The molecule has 0 amide bonds. The third kappa shape index (κ3) is 3.57. The van der Waals surface area contributed by atoms with Crippen molar-refractivity contribution in [2.75, 3.05) is 4.72 Å². The van der Waals surface area contributed by atoms with Crippen LogP contribution < -0.4 is 4.72 Å². The number of nitrogens with one attached hydrogen (secondary N) is 1. The molecule has 0 aliphatic carbocycles. The number of rotatable bonds is 4. The van der Waals surface area contributed by atoms with E-state index < -0.39 is 16.0 Å². The summed E-state index contributed by atoms with van der Waals surface area (Å²) in [7, 11) is -3.82. The molecule has 21 heavy (non-hydrogen) atoms. The van der Waals surface area contributed by atoms with Gasteiger partial charge in [0.25, 0.3) is 10.0 Å². The summed E-state index contributed by atoms with van der Waals surface area (Å²) in [6.07, 6.45) is 0. The lowest BCUT2D eigenvalue weighted by molar-refractivity contribution is 0.0697. The SMILES string of the molecule is Cc1cc(S(=O)(=O)Nc2cc(C(=O)O)ccc2Br)sc1Cl. The Kier molecular flexibility index (Phi) is 4.62. The molecule has 5 nitrogen and oxygen atoms in total. The van der Waals surface area contributed by atoms with Gasteiger partial charge in [0, 0.05) is 4.47 Å². The van der Waals surface area contributed by atoms with Crippen LogP contribution in [0, 0.1) is 6.92 Å². The molecule has 0 aliphatic heterocycles. The third-order valence-corrected chi connectivity index (χ3v) is 6.64. The summed E-state index contributed by atoms with van der Waals surface area (Å²) < 4.78 is 27.8. The van der Waals surface area contributed by atoms with E-state index in [4.69, 9.17) is 16.7 Å². The second kappa shape index (κ2) is 5.96. The maximum atomic E-state index is 12.3. The summed E-state index contributed by atoms with van der Waals surface area (Å²) >= 11 is 10.00. The van der Waals surface area contributed by atoms with Gasteiger partial charge in [-0.2, -0.15) is 0 Å². The lowest BCUT2D eigenvalue weighted by atomic mass is 10.2. The van der Waals surface area contributed by atoms with Gasteiger partial charge in [-0.3, -0.25) is 4.72 Å². The average molecular weight is 411 g/mol. The van der Waals surface area contributed by atoms with Gasteiger partial charge >= 0.3 is 5.97 Å². The third-order valence-electron chi connectivity index (χ3n) is 2.56. The van der Waals surface area contributed by atoms with Crippen molar-refractivity contribution in [1.29, 1.82) is 0 Å². The Morgan fingerprint density at radius 2 is 2.05 bits per heavy atom. The van der Waals surface area contributed by atoms with E-state index in [2.05, 4.69) is 20.7 Å². The topological polar surface area (TPSA) is 83.5 Å². The molecule has 2 rings (SSSR count). The summed E-state index contributed by atoms with van der Waals surface area (Å²) in [5.74, 6) is -1.14. The van der Waals surface area contributed by atoms with Crippen molar-refractivity contribution in [1.82, 2.24) is 0 Å². The van der Waals surface area contributed by atoms with Crippen LogP contribution in [0.4, 0.5) is 5.69 Å². The molecular weight excluding hydrogens is 402 g/mol. The molecule has 112 valence electrons. The number of sulfonamides is 1. The fourth-order valence-electron chi connectivity index (χ4n) is 1.50. The van der Waals surface area contributed by atoms with Crippen LogP contribution in [-0.4, -0.2) is 19.5 Å². The van der Waals surface area contributed by atoms with Gasteiger partial charge in [-0.05, 0) is 52.7 Å². The van der Waals surface area contributed by atoms with E-state index >= 15 is 0 Å². The highest BCUT2D eigenvalue weighted by molar-refractivity contribution is 9.10. The van der Waals surface area contributed by atoms with Crippen LogP contribution in [0.2, 0.25) is 4.34 Å². The first-order valence-electron chi connectivity index (χ1n) is 5.52. The number of hydrogen-bond donors (Lipinski definition) is 2. The number of aromatic carboxylic acids is 1. The highest BCUT2D eigenvalue weighted by Crippen LogP contribution is 2.32. The molecule has 0 saturated heterocycles. The highest BCUT2D eigenvalue weighted by Gasteiger charge is 2.20. The summed E-state index contributed by atoms with van der Waals surface area (Å²) in [6.45, 7) is 1.71. The minimum atomic E-state index is -3.82. The fourth-order valence-corrected chi connectivity index (χ4v) is 4.75. The Balaban J connectivity index is 2.41. The summed E-state index contributed by atoms with van der Waals surface area (Å²) in [6, 6.07) is 5.54. The molecule has 2 aromatic rings. The maximum absolute atomic E-state index is 12.3. The molecule has 0 aliphatic rings. The highest BCUT2D eigenvalue weighted by atomic mass is 79.9. The number of carboxylic acid groups (broad SMARTS) is 1. The predicted molar refractivity (Wildman–Crippen MR) is 86.0 cm³/mol. The van der Waals surface area contributed by atoms with E-state index in [1.54, 1.807) is 6.92 Å². The minimum Gasteiger partial charge on any atom is -0.478 e. The zero-order valence-corrected chi connectivity index (χ0v) is 14.5. The van der Waals surface area contributed by atoms with Crippen molar-refractivity contribution in [2.24, 2.45) is 0 Å². The number of hydrogen-bond acceptors (Lipinski definition) is 4. The van der Waals surface area contributed by atoms with Gasteiger partial charge < -0.3 is 5.11 Å². The van der Waals surface area contributed by atoms with E-state index in [9.17, 15) is 13.2 Å². The van der Waals surface area contributed by atoms with Crippen molar-refractivity contribution in [3.05, 3.63) is 44.2 Å². The number of halogens is 2. The van der Waals surface area contributed by atoms with Crippen LogP contribution >= 0.6 is 38.9 Å². The second-order valence-corrected chi connectivity index (χ2v) is 8.55. The molecule has 0 fully saturated rings. The van der Waals surface area contributed by atoms with Gasteiger partial charge in [0.15, 0.2) is 0 Å². The van der Waals surface area contributed by atoms with E-state index in [0.29, 0.717) is 14.4 Å². The molecule has 2 N–H and O–H groups in total. The van der Waals surface area contributed by atoms with Crippen molar-refractivity contribution in [2.45, 2.75) is 11.1 Å². The number of thiophene rings is 1. The standard InChI is InChI=1S/C12H9BrClNO4S2/c1-6-4-10(20-11(6)14)21(18,19)15-9-5-7(12(16)17)2-3-8(9)13/h2-5,15H,1H3,(H,16,17). The van der Waals surface area contributed by atoms with Crippen molar-refractivity contribution < 1.29 is 18.3 Å². The van der Waals surface area contributed by atoms with E-state index in [-0.39, 0.29) is 15.5 Å². The molecule has 0 bridgehead atoms. The predicted octanol–water partition coefficient (Wildman–Crippen LogP) is 3.97. The Labute approximate surface area is 138 Å². The lowest BCUT2D eigenvalue weighted by Gasteiger charge is -2.09. The number of anilines is 1. The van der Waals surface area contributed by atoms with Gasteiger partial charge in [-0.1, -0.05) is 11.6 Å².